The summed E-state index contributed by atoms with van der Waals surface area (Å²) >= 11 is 5.89. The van der Waals surface area contributed by atoms with Gasteiger partial charge in [0.05, 0.1) is 0 Å². The Kier molecular flexibility index (Phi) is 4.04. The van der Waals surface area contributed by atoms with Crippen molar-refractivity contribution in [2.24, 2.45) is 0 Å². The van der Waals surface area contributed by atoms with E-state index in [4.69, 9.17) is 16.3 Å². The van der Waals surface area contributed by atoms with Crippen molar-refractivity contribution in [2.45, 2.75) is 32.3 Å². The van der Waals surface area contributed by atoms with E-state index in [1.54, 1.807) is 39.1 Å². The van der Waals surface area contributed by atoms with E-state index in [1.807, 2.05) is 0 Å². The summed E-state index contributed by atoms with van der Waals surface area (Å²) in [6, 6.07) is 4.43. The van der Waals surface area contributed by atoms with Crippen LogP contribution in [0.15, 0.2) is 30.5 Å². The lowest BCUT2D eigenvalue weighted by Gasteiger charge is -2.24. The number of ether oxygens (including phenoxy) is 1. The summed E-state index contributed by atoms with van der Waals surface area (Å²) in [6.45, 7) is 5.77. The smallest absolute Gasteiger partial charge is 0.414 e. The molecule has 1 atom stereocenters. The number of nitrogens with zero attached hydrogens (tertiary/aromatic N) is 1. The van der Waals surface area contributed by atoms with Crippen molar-refractivity contribution in [1.82, 2.24) is 4.90 Å². The van der Waals surface area contributed by atoms with Gasteiger partial charge in [-0.3, -0.25) is 4.90 Å². The molecule has 3 nitrogen and oxygen atoms in total. The Morgan fingerprint density at radius 1 is 1.45 bits per heavy atom. The molecule has 0 spiro atoms. The second-order valence-electron chi connectivity index (χ2n) is 5.75. The second-order valence-corrected chi connectivity index (χ2v) is 6.18. The summed E-state index contributed by atoms with van der Waals surface area (Å²) in [5.41, 5.74) is -0.0653. The lowest BCUT2D eigenvalue weighted by molar-refractivity contribution is 0.0345. The van der Waals surface area contributed by atoms with Crippen molar-refractivity contribution in [1.29, 1.82) is 0 Å². The maximum Gasteiger partial charge on any atom is 0.414 e. The number of hydrogen-bond donors (Lipinski definition) is 0. The molecule has 0 saturated heterocycles. The first-order valence-electron chi connectivity index (χ1n) is 6.39. The standard InChI is InChI=1S/C15H17ClFNO2/c1-15(2,3)20-14(19)18-7-6-10(9-18)12-8-11(16)4-5-13(12)17/h4-8,10H,9H2,1-3H3. The molecule has 1 aromatic carbocycles. The first-order valence-corrected chi connectivity index (χ1v) is 6.77. The van der Waals surface area contributed by atoms with Crippen molar-refractivity contribution in [3.63, 3.8) is 0 Å². The molecule has 1 amide bonds. The molecule has 1 heterocycles. The molecule has 1 aromatic rings. The average molecular weight is 298 g/mol. The first kappa shape index (κ1) is 14.9. The van der Waals surface area contributed by atoms with Gasteiger partial charge < -0.3 is 4.74 Å². The summed E-state index contributed by atoms with van der Waals surface area (Å²) < 4.78 is 19.1. The van der Waals surface area contributed by atoms with Crippen LogP contribution in [0.2, 0.25) is 5.02 Å². The van der Waals surface area contributed by atoms with Crippen LogP contribution in [0.5, 0.6) is 0 Å². The molecule has 0 aromatic heterocycles. The zero-order chi connectivity index (χ0) is 14.9. The molecule has 1 aliphatic heterocycles. The van der Waals surface area contributed by atoms with E-state index in [9.17, 15) is 9.18 Å². The minimum atomic E-state index is -0.551. The molecular formula is C15H17ClFNO2. The van der Waals surface area contributed by atoms with E-state index in [1.165, 1.54) is 17.0 Å². The third kappa shape index (κ3) is 3.51. The van der Waals surface area contributed by atoms with Gasteiger partial charge >= 0.3 is 6.09 Å². The van der Waals surface area contributed by atoms with Crippen molar-refractivity contribution >= 4 is 17.7 Å². The molecule has 2 rings (SSSR count). The van der Waals surface area contributed by atoms with Gasteiger partial charge in [-0.2, -0.15) is 0 Å². The van der Waals surface area contributed by atoms with Crippen molar-refractivity contribution in [2.75, 3.05) is 6.54 Å². The van der Waals surface area contributed by atoms with Gasteiger partial charge in [-0.15, -0.1) is 0 Å². The largest absolute Gasteiger partial charge is 0.443 e. The molecule has 0 aliphatic carbocycles. The van der Waals surface area contributed by atoms with Crippen molar-refractivity contribution < 1.29 is 13.9 Å². The zero-order valence-electron chi connectivity index (χ0n) is 11.7. The molecule has 0 N–H and O–H groups in total. The van der Waals surface area contributed by atoms with Crippen LogP contribution in [0.25, 0.3) is 0 Å². The van der Waals surface area contributed by atoms with Crippen molar-refractivity contribution in [3.05, 3.63) is 46.9 Å². The highest BCUT2D eigenvalue weighted by Gasteiger charge is 2.28. The van der Waals surface area contributed by atoms with Gasteiger partial charge in [-0.25, -0.2) is 9.18 Å². The van der Waals surface area contributed by atoms with Crippen molar-refractivity contribution in [3.8, 4) is 0 Å². The fraction of sp³-hybridized carbons (Fsp3) is 0.400. The zero-order valence-corrected chi connectivity index (χ0v) is 12.4. The maximum atomic E-state index is 13.8. The predicted molar refractivity (Wildman–Crippen MR) is 76.2 cm³/mol. The number of halogens is 2. The highest BCUT2D eigenvalue weighted by molar-refractivity contribution is 6.30. The highest BCUT2D eigenvalue weighted by Crippen LogP contribution is 2.29. The fourth-order valence-corrected chi connectivity index (χ4v) is 2.18. The normalized spacial score (nSPS) is 18.4. The van der Waals surface area contributed by atoms with E-state index in [0.717, 1.165) is 0 Å². The third-order valence-electron chi connectivity index (χ3n) is 2.88. The lowest BCUT2D eigenvalue weighted by Crippen LogP contribution is -2.33. The van der Waals surface area contributed by atoms with Gasteiger partial charge in [0.15, 0.2) is 0 Å². The van der Waals surface area contributed by atoms with Gasteiger partial charge in [-0.1, -0.05) is 17.7 Å². The Hall–Kier alpha value is -1.55. The molecular weight excluding hydrogens is 281 g/mol. The van der Waals surface area contributed by atoms with Gasteiger partial charge in [-0.05, 0) is 44.5 Å². The minimum Gasteiger partial charge on any atom is -0.443 e. The quantitative estimate of drug-likeness (QED) is 0.772. The Labute approximate surface area is 123 Å². The summed E-state index contributed by atoms with van der Waals surface area (Å²) in [4.78, 5) is 13.4. The molecule has 20 heavy (non-hydrogen) atoms. The molecule has 0 saturated carbocycles. The third-order valence-corrected chi connectivity index (χ3v) is 3.11. The Morgan fingerprint density at radius 2 is 2.15 bits per heavy atom. The fourth-order valence-electron chi connectivity index (χ4n) is 2.00. The number of rotatable bonds is 1. The van der Waals surface area contributed by atoms with Crippen LogP contribution >= 0.6 is 11.6 Å². The molecule has 1 unspecified atom stereocenters. The van der Waals surface area contributed by atoms with Crippen LogP contribution in [0.4, 0.5) is 9.18 Å². The van der Waals surface area contributed by atoms with Gasteiger partial charge in [0.1, 0.15) is 11.4 Å². The molecule has 0 bridgehead atoms. The van der Waals surface area contributed by atoms with E-state index < -0.39 is 11.7 Å². The SMILES string of the molecule is CC(C)(C)OC(=O)N1C=CC(c2cc(Cl)ccc2F)C1. The summed E-state index contributed by atoms with van der Waals surface area (Å²) in [5, 5.41) is 0.477. The van der Waals surface area contributed by atoms with Crippen LogP contribution in [0.1, 0.15) is 32.3 Å². The van der Waals surface area contributed by atoms with Crippen LogP contribution < -0.4 is 0 Å². The van der Waals surface area contributed by atoms with E-state index in [2.05, 4.69) is 0 Å². The summed E-state index contributed by atoms with van der Waals surface area (Å²) in [6.07, 6.45) is 2.97. The monoisotopic (exact) mass is 297 g/mol. The summed E-state index contributed by atoms with van der Waals surface area (Å²) in [5.74, 6) is -0.531. The number of amides is 1. The maximum absolute atomic E-state index is 13.8. The number of benzene rings is 1. The van der Waals surface area contributed by atoms with Crippen LogP contribution in [-0.2, 0) is 4.74 Å². The predicted octanol–water partition coefficient (Wildman–Crippen LogP) is 4.33. The minimum absolute atomic E-state index is 0.207. The van der Waals surface area contributed by atoms with E-state index in [-0.39, 0.29) is 11.7 Å². The van der Waals surface area contributed by atoms with Gasteiger partial charge in [0.2, 0.25) is 0 Å². The Morgan fingerprint density at radius 3 is 2.80 bits per heavy atom. The molecule has 0 radical (unpaired) electrons. The highest BCUT2D eigenvalue weighted by atomic mass is 35.5. The van der Waals surface area contributed by atoms with Gasteiger partial charge in [0.25, 0.3) is 0 Å². The van der Waals surface area contributed by atoms with Gasteiger partial charge in [0, 0.05) is 23.7 Å². The number of hydrogen-bond acceptors (Lipinski definition) is 2. The topological polar surface area (TPSA) is 29.5 Å². The van der Waals surface area contributed by atoms with E-state index >= 15 is 0 Å². The number of carbonyl (C=O) groups excluding carboxylic acids is 1. The second kappa shape index (κ2) is 5.44. The molecule has 5 heteroatoms. The van der Waals surface area contributed by atoms with Crippen LogP contribution in [0, 0.1) is 5.82 Å². The average Bonchev–Trinajstić information content (AvgIpc) is 2.79. The summed E-state index contributed by atoms with van der Waals surface area (Å²) in [7, 11) is 0. The van der Waals surface area contributed by atoms with Crippen LogP contribution in [-0.4, -0.2) is 23.1 Å². The van der Waals surface area contributed by atoms with E-state index in [0.29, 0.717) is 17.1 Å². The number of carbonyl (C=O) groups is 1. The first-order chi connectivity index (χ1) is 9.26. The Balaban J connectivity index is 2.08. The molecule has 108 valence electrons. The molecule has 1 aliphatic rings. The van der Waals surface area contributed by atoms with Crippen LogP contribution in [0.3, 0.4) is 0 Å². The Bertz CT molecular complexity index is 551. The molecule has 0 fully saturated rings. The lowest BCUT2D eigenvalue weighted by atomic mass is 10.00.